The largest absolute Gasteiger partial charge is 0.496 e. The molecule has 0 aliphatic heterocycles. The van der Waals surface area contributed by atoms with Crippen LogP contribution in [0.25, 0.3) is 0 Å². The van der Waals surface area contributed by atoms with E-state index in [1.807, 2.05) is 6.07 Å². The smallest absolute Gasteiger partial charge is 0.124 e. The van der Waals surface area contributed by atoms with Gasteiger partial charge in [-0.1, -0.05) is 26.8 Å². The Bertz CT molecular complexity index is 377. The minimum absolute atomic E-state index is 0.0111. The van der Waals surface area contributed by atoms with Gasteiger partial charge >= 0.3 is 0 Å². The van der Waals surface area contributed by atoms with E-state index in [9.17, 15) is 0 Å². The zero-order valence-electron chi connectivity index (χ0n) is 11.2. The molecular weight excluding hydrogens is 198 g/mol. The predicted molar refractivity (Wildman–Crippen MR) is 68.9 cm³/mol. The van der Waals surface area contributed by atoms with Gasteiger partial charge in [0.1, 0.15) is 5.75 Å². The zero-order chi connectivity index (χ0) is 12.5. The quantitative estimate of drug-likeness (QED) is 0.831. The molecule has 0 radical (unpaired) electrons. The average Bonchev–Trinajstić information content (AvgIpc) is 2.14. The number of methoxy groups -OCH3 is 1. The molecule has 2 N–H and O–H groups in total. The number of benzene rings is 1. The summed E-state index contributed by atoms with van der Waals surface area (Å²) in [6.07, 6.45) is 0. The molecule has 1 unspecified atom stereocenters. The van der Waals surface area contributed by atoms with Crippen LogP contribution in [0.5, 0.6) is 5.75 Å². The van der Waals surface area contributed by atoms with Crippen molar-refractivity contribution in [3.8, 4) is 5.75 Å². The number of aryl methyl sites for hydroxylation is 2. The van der Waals surface area contributed by atoms with Crippen LogP contribution in [0.2, 0.25) is 0 Å². The molecule has 0 aliphatic rings. The van der Waals surface area contributed by atoms with Crippen LogP contribution in [0.15, 0.2) is 12.1 Å². The van der Waals surface area contributed by atoms with E-state index in [4.69, 9.17) is 10.5 Å². The molecule has 16 heavy (non-hydrogen) atoms. The summed E-state index contributed by atoms with van der Waals surface area (Å²) in [5, 5.41) is 0. The molecule has 0 fully saturated rings. The predicted octanol–water partition coefficient (Wildman–Crippen LogP) is 3.36. The molecule has 0 heterocycles. The first-order valence-electron chi connectivity index (χ1n) is 5.68. The van der Waals surface area contributed by atoms with E-state index in [1.54, 1.807) is 7.11 Å². The van der Waals surface area contributed by atoms with E-state index in [-0.39, 0.29) is 11.5 Å². The van der Waals surface area contributed by atoms with Gasteiger partial charge in [-0.25, -0.2) is 0 Å². The second-order valence-corrected chi connectivity index (χ2v) is 5.54. The molecule has 1 aromatic carbocycles. The van der Waals surface area contributed by atoms with Gasteiger partial charge in [-0.2, -0.15) is 0 Å². The molecule has 1 aromatic rings. The summed E-state index contributed by atoms with van der Waals surface area (Å²) in [6.45, 7) is 10.6. The lowest BCUT2D eigenvalue weighted by atomic mass is 9.81. The van der Waals surface area contributed by atoms with Crippen LogP contribution in [0.4, 0.5) is 0 Å². The number of nitrogens with two attached hydrogens (primary N) is 1. The lowest BCUT2D eigenvalue weighted by Gasteiger charge is -2.30. The van der Waals surface area contributed by atoms with Gasteiger partial charge in [0.05, 0.1) is 7.11 Å². The van der Waals surface area contributed by atoms with Crippen LogP contribution in [-0.4, -0.2) is 7.11 Å². The van der Waals surface area contributed by atoms with Gasteiger partial charge in [0.2, 0.25) is 0 Å². The van der Waals surface area contributed by atoms with E-state index < -0.39 is 0 Å². The molecule has 90 valence electrons. The van der Waals surface area contributed by atoms with Crippen molar-refractivity contribution in [1.82, 2.24) is 0 Å². The standard InChI is InChI=1S/C14H23NO/c1-9-7-10(2)12(11(8-9)16-6)13(15)14(3,4)5/h7-8,13H,15H2,1-6H3. The minimum atomic E-state index is -0.0111. The van der Waals surface area contributed by atoms with Crippen molar-refractivity contribution in [3.05, 3.63) is 28.8 Å². The summed E-state index contributed by atoms with van der Waals surface area (Å²) in [5.74, 6) is 0.903. The van der Waals surface area contributed by atoms with Gasteiger partial charge in [0, 0.05) is 11.6 Å². The maximum atomic E-state index is 6.32. The topological polar surface area (TPSA) is 35.2 Å². The lowest BCUT2D eigenvalue weighted by Crippen LogP contribution is -2.27. The maximum absolute atomic E-state index is 6.32. The van der Waals surface area contributed by atoms with Crippen molar-refractivity contribution in [2.75, 3.05) is 7.11 Å². The Morgan fingerprint density at radius 3 is 2.19 bits per heavy atom. The van der Waals surface area contributed by atoms with Gasteiger partial charge in [-0.15, -0.1) is 0 Å². The third-order valence-electron chi connectivity index (χ3n) is 2.96. The molecule has 2 heteroatoms. The number of hydrogen-bond acceptors (Lipinski definition) is 2. The van der Waals surface area contributed by atoms with E-state index in [1.165, 1.54) is 11.1 Å². The van der Waals surface area contributed by atoms with Crippen molar-refractivity contribution >= 4 is 0 Å². The zero-order valence-corrected chi connectivity index (χ0v) is 11.2. The summed E-state index contributed by atoms with van der Waals surface area (Å²) in [4.78, 5) is 0. The van der Waals surface area contributed by atoms with Crippen LogP contribution in [0, 0.1) is 19.3 Å². The summed E-state index contributed by atoms with van der Waals surface area (Å²) in [5.41, 5.74) is 9.90. The average molecular weight is 221 g/mol. The van der Waals surface area contributed by atoms with Crippen LogP contribution in [0.1, 0.15) is 43.5 Å². The van der Waals surface area contributed by atoms with Crippen LogP contribution in [0.3, 0.4) is 0 Å². The molecule has 1 rings (SSSR count). The second-order valence-electron chi connectivity index (χ2n) is 5.54. The molecule has 0 saturated carbocycles. The highest BCUT2D eigenvalue weighted by Gasteiger charge is 2.26. The fraction of sp³-hybridized carbons (Fsp3) is 0.571. The van der Waals surface area contributed by atoms with E-state index >= 15 is 0 Å². The van der Waals surface area contributed by atoms with E-state index in [0.717, 1.165) is 11.3 Å². The van der Waals surface area contributed by atoms with Crippen molar-refractivity contribution in [2.45, 2.75) is 40.7 Å². The summed E-state index contributed by atoms with van der Waals surface area (Å²) >= 11 is 0. The fourth-order valence-electron chi connectivity index (χ4n) is 1.94. The molecule has 0 aliphatic carbocycles. The van der Waals surface area contributed by atoms with Crippen molar-refractivity contribution in [1.29, 1.82) is 0 Å². The van der Waals surface area contributed by atoms with Gasteiger partial charge in [-0.05, 0) is 36.5 Å². The Balaban J connectivity index is 3.32. The van der Waals surface area contributed by atoms with Gasteiger partial charge in [0.25, 0.3) is 0 Å². The summed E-state index contributed by atoms with van der Waals surface area (Å²) < 4.78 is 5.44. The van der Waals surface area contributed by atoms with Gasteiger partial charge in [-0.3, -0.25) is 0 Å². The molecule has 0 aromatic heterocycles. The second kappa shape index (κ2) is 4.46. The SMILES string of the molecule is COc1cc(C)cc(C)c1C(N)C(C)(C)C. The van der Waals surface area contributed by atoms with Crippen LogP contribution in [-0.2, 0) is 0 Å². The molecule has 0 bridgehead atoms. The highest BCUT2D eigenvalue weighted by molar-refractivity contribution is 5.45. The molecule has 0 spiro atoms. The number of ether oxygens (including phenoxy) is 1. The monoisotopic (exact) mass is 221 g/mol. The van der Waals surface area contributed by atoms with E-state index in [2.05, 4.69) is 40.7 Å². The van der Waals surface area contributed by atoms with Crippen molar-refractivity contribution in [3.63, 3.8) is 0 Å². The van der Waals surface area contributed by atoms with E-state index in [0.29, 0.717) is 0 Å². The molecule has 0 saturated heterocycles. The first kappa shape index (κ1) is 13.0. The molecule has 0 amide bonds. The number of hydrogen-bond donors (Lipinski definition) is 1. The van der Waals surface area contributed by atoms with Crippen LogP contribution >= 0.6 is 0 Å². The molecule has 1 atom stereocenters. The summed E-state index contributed by atoms with van der Waals surface area (Å²) in [7, 11) is 1.70. The van der Waals surface area contributed by atoms with Crippen molar-refractivity contribution in [2.24, 2.45) is 11.1 Å². The maximum Gasteiger partial charge on any atom is 0.124 e. The summed E-state index contributed by atoms with van der Waals surface area (Å²) in [6, 6.07) is 4.19. The Morgan fingerprint density at radius 1 is 1.19 bits per heavy atom. The third-order valence-corrected chi connectivity index (χ3v) is 2.96. The first-order valence-corrected chi connectivity index (χ1v) is 5.68. The Morgan fingerprint density at radius 2 is 1.75 bits per heavy atom. The highest BCUT2D eigenvalue weighted by atomic mass is 16.5. The highest BCUT2D eigenvalue weighted by Crippen LogP contribution is 2.38. The molecular formula is C14H23NO. The third kappa shape index (κ3) is 2.56. The number of rotatable bonds is 2. The lowest BCUT2D eigenvalue weighted by molar-refractivity contribution is 0.313. The molecule has 2 nitrogen and oxygen atoms in total. The van der Waals surface area contributed by atoms with Gasteiger partial charge in [0.15, 0.2) is 0 Å². The first-order chi connectivity index (χ1) is 7.27. The van der Waals surface area contributed by atoms with Crippen LogP contribution < -0.4 is 10.5 Å². The van der Waals surface area contributed by atoms with Gasteiger partial charge < -0.3 is 10.5 Å². The normalized spacial score (nSPS) is 13.7. The van der Waals surface area contributed by atoms with Crippen molar-refractivity contribution < 1.29 is 4.74 Å². The Labute approximate surface area is 98.8 Å². The Hall–Kier alpha value is -1.02. The minimum Gasteiger partial charge on any atom is -0.496 e. The fourth-order valence-corrected chi connectivity index (χ4v) is 1.94. The Kier molecular flexibility index (Phi) is 3.64.